The molecule has 2 unspecified atom stereocenters. The van der Waals surface area contributed by atoms with Crippen LogP contribution in [0.2, 0.25) is 0 Å². The summed E-state index contributed by atoms with van der Waals surface area (Å²) in [5.74, 6) is 0.805. The highest BCUT2D eigenvalue weighted by molar-refractivity contribution is 5.91. The fraction of sp³-hybridized carbons (Fsp3) is 0.533. The van der Waals surface area contributed by atoms with Crippen molar-refractivity contribution >= 4 is 17.4 Å². The van der Waals surface area contributed by atoms with Crippen molar-refractivity contribution in [3.63, 3.8) is 0 Å². The molecule has 2 amide bonds. The molecule has 2 fully saturated rings. The number of nitrogens with zero attached hydrogens (tertiary/aromatic N) is 3. The van der Waals surface area contributed by atoms with E-state index in [-0.39, 0.29) is 6.03 Å². The van der Waals surface area contributed by atoms with Gasteiger partial charge in [0, 0.05) is 36.3 Å². The van der Waals surface area contributed by atoms with E-state index in [1.807, 2.05) is 0 Å². The molecule has 2 heterocycles. The molecule has 1 aromatic rings. The summed E-state index contributed by atoms with van der Waals surface area (Å²) in [5.41, 5.74) is 4.40. The lowest BCUT2D eigenvalue weighted by atomic mass is 9.84. The van der Waals surface area contributed by atoms with Gasteiger partial charge in [0.15, 0.2) is 0 Å². The zero-order valence-corrected chi connectivity index (χ0v) is 12.2. The van der Waals surface area contributed by atoms with Crippen molar-refractivity contribution in [2.24, 2.45) is 11.0 Å². The minimum Gasteiger partial charge on any atom is -0.306 e. The van der Waals surface area contributed by atoms with Crippen LogP contribution in [0.15, 0.2) is 29.6 Å². The van der Waals surface area contributed by atoms with E-state index in [9.17, 15) is 4.79 Å². The number of hydrogen-bond donors (Lipinski definition) is 2. The van der Waals surface area contributed by atoms with Gasteiger partial charge >= 0.3 is 6.03 Å². The number of carbonyl (C=O) groups excluding carboxylic acids is 1. The lowest BCUT2D eigenvalue weighted by molar-refractivity contribution is 0.251. The van der Waals surface area contributed by atoms with Gasteiger partial charge in [-0.2, -0.15) is 5.10 Å². The van der Waals surface area contributed by atoms with Crippen LogP contribution in [-0.2, 0) is 0 Å². The summed E-state index contributed by atoms with van der Waals surface area (Å²) in [5, 5.41) is 7.02. The third-order valence-electron chi connectivity index (χ3n) is 4.47. The van der Waals surface area contributed by atoms with Crippen LogP contribution in [0.1, 0.15) is 25.7 Å². The minimum atomic E-state index is -0.310. The number of pyridine rings is 1. The Hall–Kier alpha value is -1.95. The van der Waals surface area contributed by atoms with Crippen LogP contribution in [-0.4, -0.2) is 41.3 Å². The summed E-state index contributed by atoms with van der Waals surface area (Å²) < 4.78 is 0. The first kappa shape index (κ1) is 14.0. The second-order valence-electron chi connectivity index (χ2n) is 5.82. The quantitative estimate of drug-likeness (QED) is 0.818. The van der Waals surface area contributed by atoms with Gasteiger partial charge < -0.3 is 10.2 Å². The Balaban J connectivity index is 1.53. The van der Waals surface area contributed by atoms with Crippen molar-refractivity contribution in [1.29, 1.82) is 0 Å². The number of fused-ring (bicyclic) bond motifs is 1. The minimum absolute atomic E-state index is 0.310. The summed E-state index contributed by atoms with van der Waals surface area (Å²) in [6, 6.07) is 3.77. The first-order valence-corrected chi connectivity index (χ1v) is 7.45. The molecule has 1 aromatic heterocycles. The molecule has 6 heteroatoms. The molecular weight excluding hydrogens is 266 g/mol. The summed E-state index contributed by atoms with van der Waals surface area (Å²) in [6.07, 6.45) is 7.71. The fourth-order valence-corrected chi connectivity index (χ4v) is 3.27. The number of hydrazone groups is 1. The second-order valence-corrected chi connectivity index (χ2v) is 5.82. The number of likely N-dealkylation sites (tertiary alicyclic amines) is 1. The number of hydrogen-bond acceptors (Lipinski definition) is 4. The molecule has 21 heavy (non-hydrogen) atoms. The van der Waals surface area contributed by atoms with Gasteiger partial charge in [-0.15, -0.1) is 0 Å². The van der Waals surface area contributed by atoms with Crippen LogP contribution in [0.5, 0.6) is 0 Å². The molecule has 1 saturated carbocycles. The number of rotatable bonds is 2. The summed E-state index contributed by atoms with van der Waals surface area (Å²) in [6.45, 7) is 1.18. The van der Waals surface area contributed by atoms with E-state index >= 15 is 0 Å². The molecule has 0 aromatic carbocycles. The van der Waals surface area contributed by atoms with E-state index in [2.05, 4.69) is 32.8 Å². The number of carbonyl (C=O) groups is 1. The Kier molecular flexibility index (Phi) is 4.15. The predicted molar refractivity (Wildman–Crippen MR) is 82.2 cm³/mol. The van der Waals surface area contributed by atoms with E-state index < -0.39 is 0 Å². The molecule has 112 valence electrons. The lowest BCUT2D eigenvalue weighted by Crippen LogP contribution is -2.36. The van der Waals surface area contributed by atoms with E-state index in [1.54, 1.807) is 24.5 Å². The van der Waals surface area contributed by atoms with Crippen molar-refractivity contribution in [3.05, 3.63) is 24.5 Å². The average molecular weight is 287 g/mol. The number of anilines is 1. The number of amides is 2. The molecule has 2 atom stereocenters. The van der Waals surface area contributed by atoms with Gasteiger partial charge in [-0.1, -0.05) is 0 Å². The zero-order chi connectivity index (χ0) is 14.7. The van der Waals surface area contributed by atoms with E-state index in [4.69, 9.17) is 0 Å². The molecule has 0 bridgehead atoms. The highest BCUT2D eigenvalue weighted by Gasteiger charge is 2.35. The van der Waals surface area contributed by atoms with Crippen molar-refractivity contribution in [1.82, 2.24) is 15.3 Å². The topological polar surface area (TPSA) is 69.6 Å². The summed E-state index contributed by atoms with van der Waals surface area (Å²) in [7, 11) is 2.18. The van der Waals surface area contributed by atoms with Gasteiger partial charge in [0.25, 0.3) is 0 Å². The molecule has 3 rings (SSSR count). The maximum absolute atomic E-state index is 11.8. The van der Waals surface area contributed by atoms with Crippen molar-refractivity contribution < 1.29 is 4.79 Å². The summed E-state index contributed by atoms with van der Waals surface area (Å²) in [4.78, 5) is 18.1. The highest BCUT2D eigenvalue weighted by atomic mass is 16.2. The monoisotopic (exact) mass is 287 g/mol. The SMILES string of the molecule is CN1CCC2CC/C(=N/NC(=O)Nc3ccncc3)CC21. The van der Waals surface area contributed by atoms with Crippen LogP contribution < -0.4 is 10.7 Å². The molecule has 1 aliphatic heterocycles. The molecule has 6 nitrogen and oxygen atoms in total. The zero-order valence-electron chi connectivity index (χ0n) is 12.2. The fourth-order valence-electron chi connectivity index (χ4n) is 3.27. The Labute approximate surface area is 124 Å². The standard InChI is InChI=1S/C15H21N5O/c1-20-9-6-11-2-3-13(10-14(11)20)18-19-15(21)17-12-4-7-16-8-5-12/h4-5,7-8,11,14H,2-3,6,9-10H2,1H3,(H2,16,17,19,21)/b18-13-. The summed E-state index contributed by atoms with van der Waals surface area (Å²) >= 11 is 0. The van der Waals surface area contributed by atoms with Crippen LogP contribution in [0.3, 0.4) is 0 Å². The van der Waals surface area contributed by atoms with Crippen molar-refractivity contribution in [3.8, 4) is 0 Å². The largest absolute Gasteiger partial charge is 0.339 e. The van der Waals surface area contributed by atoms with Crippen LogP contribution in [0.4, 0.5) is 10.5 Å². The average Bonchev–Trinajstić information content (AvgIpc) is 2.87. The number of aromatic nitrogens is 1. The number of nitrogens with one attached hydrogen (secondary N) is 2. The Morgan fingerprint density at radius 2 is 2.19 bits per heavy atom. The van der Waals surface area contributed by atoms with Crippen LogP contribution in [0, 0.1) is 5.92 Å². The van der Waals surface area contributed by atoms with Crippen LogP contribution in [0.25, 0.3) is 0 Å². The maximum atomic E-state index is 11.8. The van der Waals surface area contributed by atoms with Gasteiger partial charge in [-0.3, -0.25) is 4.98 Å². The molecule has 1 aliphatic carbocycles. The third-order valence-corrected chi connectivity index (χ3v) is 4.47. The van der Waals surface area contributed by atoms with Crippen LogP contribution >= 0.6 is 0 Å². The van der Waals surface area contributed by atoms with Gasteiger partial charge in [-0.25, -0.2) is 10.2 Å². The Morgan fingerprint density at radius 3 is 3.00 bits per heavy atom. The first-order chi connectivity index (χ1) is 10.2. The van der Waals surface area contributed by atoms with E-state index in [0.717, 1.165) is 24.5 Å². The van der Waals surface area contributed by atoms with E-state index in [0.29, 0.717) is 11.7 Å². The predicted octanol–water partition coefficient (Wildman–Crippen LogP) is 2.06. The van der Waals surface area contributed by atoms with Crippen molar-refractivity contribution in [2.75, 3.05) is 18.9 Å². The Bertz CT molecular complexity index is 530. The lowest BCUT2D eigenvalue weighted by Gasteiger charge is -2.30. The molecule has 0 spiro atoms. The van der Waals surface area contributed by atoms with Gasteiger partial charge in [0.2, 0.25) is 0 Å². The molecule has 1 saturated heterocycles. The maximum Gasteiger partial charge on any atom is 0.339 e. The number of urea groups is 1. The second kappa shape index (κ2) is 6.22. The Morgan fingerprint density at radius 1 is 1.38 bits per heavy atom. The molecule has 0 radical (unpaired) electrons. The molecule has 2 N–H and O–H groups in total. The molecular formula is C15H21N5O. The first-order valence-electron chi connectivity index (χ1n) is 7.45. The smallest absolute Gasteiger partial charge is 0.306 e. The van der Waals surface area contributed by atoms with Gasteiger partial charge in [0.05, 0.1) is 0 Å². The molecule has 2 aliphatic rings. The normalized spacial score (nSPS) is 27.4. The highest BCUT2D eigenvalue weighted by Crippen LogP contribution is 2.33. The van der Waals surface area contributed by atoms with E-state index in [1.165, 1.54) is 19.4 Å². The van der Waals surface area contributed by atoms with Gasteiger partial charge in [0.1, 0.15) is 0 Å². The van der Waals surface area contributed by atoms with Gasteiger partial charge in [-0.05, 0) is 50.9 Å². The van der Waals surface area contributed by atoms with Crippen molar-refractivity contribution in [2.45, 2.75) is 31.7 Å². The third kappa shape index (κ3) is 3.39.